The molecule has 0 unspecified atom stereocenters. The molecule has 0 bridgehead atoms. The topological polar surface area (TPSA) is 92.2 Å². The molecule has 0 spiro atoms. The van der Waals surface area contributed by atoms with Gasteiger partial charge >= 0.3 is 5.97 Å². The number of fused-ring (bicyclic) bond motifs is 1. The van der Waals surface area contributed by atoms with Gasteiger partial charge in [0.2, 0.25) is 0 Å². The first-order chi connectivity index (χ1) is 16.2. The van der Waals surface area contributed by atoms with Gasteiger partial charge in [0.15, 0.2) is 0 Å². The van der Waals surface area contributed by atoms with Crippen molar-refractivity contribution in [2.75, 3.05) is 6.54 Å². The summed E-state index contributed by atoms with van der Waals surface area (Å²) in [6, 6.07) is 18.4. The van der Waals surface area contributed by atoms with Crippen molar-refractivity contribution in [3.05, 3.63) is 93.2 Å². The van der Waals surface area contributed by atoms with Gasteiger partial charge in [-0.25, -0.2) is 4.98 Å². The molecule has 4 rings (SSSR count). The number of hydrogen-bond donors (Lipinski definition) is 2. The lowest BCUT2D eigenvalue weighted by Gasteiger charge is -2.26. The maximum atomic E-state index is 13.6. The van der Waals surface area contributed by atoms with Crippen molar-refractivity contribution >= 4 is 50.3 Å². The van der Waals surface area contributed by atoms with Gasteiger partial charge in [0.1, 0.15) is 5.41 Å². The Labute approximate surface area is 210 Å². The molecule has 0 radical (unpaired) electrons. The fourth-order valence-electron chi connectivity index (χ4n) is 3.90. The Morgan fingerprint density at radius 3 is 2.53 bits per heavy atom. The number of aromatic nitrogens is 2. The summed E-state index contributed by atoms with van der Waals surface area (Å²) in [5.41, 5.74) is 2.03. The van der Waals surface area contributed by atoms with Crippen molar-refractivity contribution < 1.29 is 14.7 Å². The van der Waals surface area contributed by atoms with Crippen LogP contribution in [0, 0.1) is 6.92 Å². The Morgan fingerprint density at radius 1 is 1.12 bits per heavy atom. The Morgan fingerprint density at radius 2 is 1.85 bits per heavy atom. The largest absolute Gasteiger partial charge is 0.480 e. The van der Waals surface area contributed by atoms with E-state index in [1.807, 2.05) is 55.5 Å². The third kappa shape index (κ3) is 4.41. The second kappa shape index (κ2) is 9.52. The third-order valence-corrected chi connectivity index (χ3v) is 6.62. The van der Waals surface area contributed by atoms with E-state index in [4.69, 9.17) is 16.6 Å². The number of nitrogens with zero attached hydrogens (tertiary/aromatic N) is 2. The lowest BCUT2D eigenvalue weighted by atomic mass is 9.86. The Hall–Kier alpha value is -3.29. The number of carbonyl (C=O) groups excluding carboxylic acids is 1. The van der Waals surface area contributed by atoms with E-state index in [1.54, 1.807) is 12.1 Å². The molecule has 1 atom stereocenters. The molecule has 2 aromatic heterocycles. The normalized spacial score (nSPS) is 12.8. The number of carbonyl (C=O) groups is 2. The summed E-state index contributed by atoms with van der Waals surface area (Å²) >= 11 is 9.71. The van der Waals surface area contributed by atoms with Crippen molar-refractivity contribution in [3.8, 4) is 11.3 Å². The van der Waals surface area contributed by atoms with Crippen LogP contribution in [0.5, 0.6) is 0 Å². The van der Waals surface area contributed by atoms with E-state index in [0.717, 1.165) is 10.0 Å². The molecular formula is C26H21BrClN3O3. The zero-order valence-electron chi connectivity index (χ0n) is 18.5. The minimum Gasteiger partial charge on any atom is -0.480 e. The van der Waals surface area contributed by atoms with E-state index in [0.29, 0.717) is 27.7 Å². The standard InChI is InChI=1S/C26H21BrClN3O3/c1-15-21(24(32)30-14-26(2,25(33)34)23-19(28)9-6-12-29-23)18-13-17(27)10-11-20(18)31-22(15)16-7-4-3-5-8-16/h3-13H,14H2,1-2H3,(H,30,32)(H,33,34)/t26-/m1/s1. The van der Waals surface area contributed by atoms with E-state index < -0.39 is 17.3 Å². The van der Waals surface area contributed by atoms with Crippen LogP contribution in [0.25, 0.3) is 22.2 Å². The second-order valence-corrected chi connectivity index (χ2v) is 9.46. The number of pyridine rings is 2. The van der Waals surface area contributed by atoms with Gasteiger partial charge in [0.05, 0.1) is 27.5 Å². The molecule has 172 valence electrons. The van der Waals surface area contributed by atoms with Gasteiger partial charge in [-0.05, 0) is 49.7 Å². The molecule has 2 aromatic carbocycles. The molecule has 1 amide bonds. The quantitative estimate of drug-likeness (QED) is 0.324. The number of amides is 1. The molecule has 2 heterocycles. The van der Waals surface area contributed by atoms with Crippen LogP contribution >= 0.6 is 27.5 Å². The summed E-state index contributed by atoms with van der Waals surface area (Å²) in [4.78, 5) is 34.8. The van der Waals surface area contributed by atoms with Gasteiger partial charge in [-0.3, -0.25) is 14.6 Å². The van der Waals surface area contributed by atoms with Gasteiger partial charge in [0, 0.05) is 28.2 Å². The first-order valence-electron chi connectivity index (χ1n) is 10.5. The molecule has 0 fully saturated rings. The van der Waals surface area contributed by atoms with Crippen LogP contribution in [0.1, 0.15) is 28.5 Å². The molecule has 34 heavy (non-hydrogen) atoms. The van der Waals surface area contributed by atoms with Crippen LogP contribution < -0.4 is 5.32 Å². The minimum atomic E-state index is -1.52. The first kappa shape index (κ1) is 23.9. The summed E-state index contributed by atoms with van der Waals surface area (Å²) in [5.74, 6) is -1.54. The predicted molar refractivity (Wildman–Crippen MR) is 136 cm³/mol. The number of aliphatic carboxylic acids is 1. The zero-order valence-corrected chi connectivity index (χ0v) is 20.8. The summed E-state index contributed by atoms with van der Waals surface area (Å²) in [6.45, 7) is 3.14. The fourth-order valence-corrected chi connectivity index (χ4v) is 4.59. The number of carboxylic acid groups (broad SMARTS) is 1. The molecule has 0 aliphatic rings. The lowest BCUT2D eigenvalue weighted by Crippen LogP contribution is -2.45. The Balaban J connectivity index is 1.79. The Bertz CT molecular complexity index is 1410. The molecule has 0 aliphatic carbocycles. The molecule has 4 aromatic rings. The highest BCUT2D eigenvalue weighted by Crippen LogP contribution is 2.32. The molecule has 6 nitrogen and oxygen atoms in total. The van der Waals surface area contributed by atoms with Crippen molar-refractivity contribution in [1.82, 2.24) is 15.3 Å². The predicted octanol–water partition coefficient (Wildman–Crippen LogP) is 5.79. The second-order valence-electron chi connectivity index (χ2n) is 8.14. The highest BCUT2D eigenvalue weighted by atomic mass is 79.9. The number of halogens is 2. The fraction of sp³-hybridized carbons (Fsp3) is 0.154. The highest BCUT2D eigenvalue weighted by Gasteiger charge is 2.39. The number of nitrogens with one attached hydrogen (secondary N) is 1. The maximum Gasteiger partial charge on any atom is 0.317 e. The first-order valence-corrected chi connectivity index (χ1v) is 11.7. The van der Waals surface area contributed by atoms with E-state index in [1.165, 1.54) is 13.1 Å². The smallest absolute Gasteiger partial charge is 0.317 e. The Kier molecular flexibility index (Phi) is 6.68. The van der Waals surface area contributed by atoms with E-state index in [-0.39, 0.29) is 17.3 Å². The van der Waals surface area contributed by atoms with E-state index >= 15 is 0 Å². The SMILES string of the molecule is Cc1c(-c2ccccc2)nc2ccc(Br)cc2c1C(=O)NC[C@@](C)(C(=O)O)c1ncccc1Cl. The minimum absolute atomic E-state index is 0.188. The average molecular weight is 539 g/mol. The van der Waals surface area contributed by atoms with Crippen LogP contribution in [0.15, 0.2) is 71.3 Å². The van der Waals surface area contributed by atoms with Crippen LogP contribution in [0.2, 0.25) is 5.02 Å². The highest BCUT2D eigenvalue weighted by molar-refractivity contribution is 9.10. The van der Waals surface area contributed by atoms with Crippen molar-refractivity contribution in [2.45, 2.75) is 19.3 Å². The molecule has 2 N–H and O–H groups in total. The number of carboxylic acids is 1. The number of hydrogen-bond acceptors (Lipinski definition) is 4. The van der Waals surface area contributed by atoms with Crippen LogP contribution in [-0.2, 0) is 10.2 Å². The average Bonchev–Trinajstić information content (AvgIpc) is 2.82. The summed E-state index contributed by atoms with van der Waals surface area (Å²) in [6.07, 6.45) is 1.48. The molecule has 0 saturated carbocycles. The summed E-state index contributed by atoms with van der Waals surface area (Å²) in [7, 11) is 0. The number of rotatable bonds is 6. The van der Waals surface area contributed by atoms with E-state index in [2.05, 4.69) is 26.2 Å². The van der Waals surface area contributed by atoms with Crippen molar-refractivity contribution in [2.24, 2.45) is 0 Å². The van der Waals surface area contributed by atoms with Gasteiger partial charge in [-0.15, -0.1) is 0 Å². The molecule has 0 aliphatic heterocycles. The maximum absolute atomic E-state index is 13.6. The lowest BCUT2D eigenvalue weighted by molar-refractivity contribution is -0.143. The van der Waals surface area contributed by atoms with Crippen molar-refractivity contribution in [3.63, 3.8) is 0 Å². The third-order valence-electron chi connectivity index (χ3n) is 5.82. The monoisotopic (exact) mass is 537 g/mol. The summed E-state index contributed by atoms with van der Waals surface area (Å²) < 4.78 is 0.804. The van der Waals surface area contributed by atoms with E-state index in [9.17, 15) is 14.7 Å². The number of benzene rings is 2. The van der Waals surface area contributed by atoms with Gasteiger partial charge in [-0.2, -0.15) is 0 Å². The molecule has 8 heteroatoms. The van der Waals surface area contributed by atoms with Crippen LogP contribution in [0.4, 0.5) is 0 Å². The zero-order chi connectivity index (χ0) is 24.5. The van der Waals surface area contributed by atoms with Crippen LogP contribution in [-0.4, -0.2) is 33.5 Å². The van der Waals surface area contributed by atoms with Crippen molar-refractivity contribution in [1.29, 1.82) is 0 Å². The molecule has 0 saturated heterocycles. The van der Waals surface area contributed by atoms with Gasteiger partial charge in [-0.1, -0.05) is 57.9 Å². The molecular weight excluding hydrogens is 518 g/mol. The summed E-state index contributed by atoms with van der Waals surface area (Å²) in [5, 5.41) is 13.7. The van der Waals surface area contributed by atoms with Gasteiger partial charge in [0.25, 0.3) is 5.91 Å². The van der Waals surface area contributed by atoms with Crippen LogP contribution in [0.3, 0.4) is 0 Å². The van der Waals surface area contributed by atoms with Gasteiger partial charge < -0.3 is 10.4 Å².